The highest BCUT2D eigenvalue weighted by Gasteiger charge is 2.47. The van der Waals surface area contributed by atoms with Crippen LogP contribution in [-0.4, -0.2) is 73.1 Å². The molecule has 2 aliphatic heterocycles. The van der Waals surface area contributed by atoms with Crippen LogP contribution in [0.1, 0.15) is 23.8 Å². The first kappa shape index (κ1) is 21.1. The molecule has 2 fully saturated rings. The van der Waals surface area contributed by atoms with Crippen molar-refractivity contribution in [1.29, 1.82) is 0 Å². The molecular formula is C23H26N2O6. The molecule has 2 aliphatic rings. The molecule has 0 radical (unpaired) electrons. The van der Waals surface area contributed by atoms with Crippen molar-refractivity contribution in [2.75, 3.05) is 46.5 Å². The highest BCUT2D eigenvalue weighted by Crippen LogP contribution is 2.39. The fraction of sp³-hybridized carbons (Fsp3) is 0.391. The van der Waals surface area contributed by atoms with E-state index < -0.39 is 17.7 Å². The molecule has 31 heavy (non-hydrogen) atoms. The van der Waals surface area contributed by atoms with E-state index in [2.05, 4.69) is 4.90 Å². The molecule has 2 aromatic rings. The van der Waals surface area contributed by atoms with Crippen LogP contribution in [0, 0.1) is 0 Å². The van der Waals surface area contributed by atoms with Crippen molar-refractivity contribution in [1.82, 2.24) is 9.80 Å². The molecule has 1 N–H and O–H groups in total. The van der Waals surface area contributed by atoms with Crippen LogP contribution in [0.25, 0.3) is 5.76 Å². The first-order valence-corrected chi connectivity index (χ1v) is 10.4. The summed E-state index contributed by atoms with van der Waals surface area (Å²) in [4.78, 5) is 29.6. The third-order valence-corrected chi connectivity index (χ3v) is 5.67. The highest BCUT2D eigenvalue weighted by molar-refractivity contribution is 6.46. The Bertz CT molecular complexity index is 962. The van der Waals surface area contributed by atoms with Crippen molar-refractivity contribution >= 4 is 17.4 Å². The summed E-state index contributed by atoms with van der Waals surface area (Å²) < 4.78 is 16.1. The van der Waals surface area contributed by atoms with Crippen molar-refractivity contribution in [2.24, 2.45) is 0 Å². The van der Waals surface area contributed by atoms with Gasteiger partial charge in [0, 0.05) is 31.7 Å². The van der Waals surface area contributed by atoms with Gasteiger partial charge < -0.3 is 23.9 Å². The van der Waals surface area contributed by atoms with E-state index in [9.17, 15) is 14.7 Å². The van der Waals surface area contributed by atoms with E-state index in [4.69, 9.17) is 13.9 Å². The molecule has 1 aromatic heterocycles. The number of furan rings is 1. The average molecular weight is 426 g/mol. The lowest BCUT2D eigenvalue weighted by molar-refractivity contribution is -0.140. The van der Waals surface area contributed by atoms with Crippen molar-refractivity contribution in [3.63, 3.8) is 0 Å². The molecule has 2 saturated heterocycles. The molecule has 0 unspecified atom stereocenters. The number of hydrogen-bond donors (Lipinski definition) is 1. The summed E-state index contributed by atoms with van der Waals surface area (Å²) in [5, 5.41) is 11.0. The van der Waals surface area contributed by atoms with Gasteiger partial charge in [0.2, 0.25) is 0 Å². The zero-order chi connectivity index (χ0) is 21.8. The van der Waals surface area contributed by atoms with Crippen LogP contribution in [-0.2, 0) is 14.3 Å². The predicted molar refractivity (Wildman–Crippen MR) is 113 cm³/mol. The normalized spacial score (nSPS) is 21.6. The van der Waals surface area contributed by atoms with Crippen LogP contribution >= 0.6 is 0 Å². The number of nitrogens with zero attached hydrogens (tertiary/aromatic N) is 2. The van der Waals surface area contributed by atoms with E-state index in [1.807, 2.05) is 0 Å². The van der Waals surface area contributed by atoms with E-state index in [1.165, 1.54) is 18.3 Å². The van der Waals surface area contributed by atoms with E-state index in [1.54, 1.807) is 36.4 Å². The number of rotatable bonds is 7. The van der Waals surface area contributed by atoms with Gasteiger partial charge in [-0.2, -0.15) is 0 Å². The Morgan fingerprint density at radius 1 is 1.16 bits per heavy atom. The van der Waals surface area contributed by atoms with Gasteiger partial charge in [0.15, 0.2) is 0 Å². The number of methoxy groups -OCH3 is 1. The van der Waals surface area contributed by atoms with Crippen LogP contribution in [0.2, 0.25) is 0 Å². The van der Waals surface area contributed by atoms with Gasteiger partial charge in [0.1, 0.15) is 23.3 Å². The van der Waals surface area contributed by atoms with Gasteiger partial charge in [-0.15, -0.1) is 0 Å². The lowest BCUT2D eigenvalue weighted by atomic mass is 9.99. The van der Waals surface area contributed by atoms with Gasteiger partial charge in [0.05, 0.1) is 32.2 Å². The minimum atomic E-state index is -0.772. The van der Waals surface area contributed by atoms with Gasteiger partial charge in [-0.1, -0.05) is 12.1 Å². The SMILES string of the molecule is COc1cccc(/C(O)=C2\C(=O)C(=O)N(CCCN3CCOCC3)[C@@H]2c2ccco2)c1. The first-order valence-electron chi connectivity index (χ1n) is 10.4. The molecule has 1 aromatic carbocycles. The highest BCUT2D eigenvalue weighted by atomic mass is 16.5. The molecule has 3 heterocycles. The zero-order valence-corrected chi connectivity index (χ0v) is 17.5. The number of ether oxygens (including phenoxy) is 2. The quantitative estimate of drug-likeness (QED) is 0.413. The van der Waals surface area contributed by atoms with Crippen LogP contribution in [0.3, 0.4) is 0 Å². The van der Waals surface area contributed by atoms with Crippen molar-refractivity contribution in [3.8, 4) is 5.75 Å². The number of aliphatic hydroxyl groups excluding tert-OH is 1. The number of hydrogen-bond acceptors (Lipinski definition) is 7. The third-order valence-electron chi connectivity index (χ3n) is 5.67. The largest absolute Gasteiger partial charge is 0.507 e. The summed E-state index contributed by atoms with van der Waals surface area (Å²) in [6.07, 6.45) is 2.19. The molecule has 0 aliphatic carbocycles. The van der Waals surface area contributed by atoms with Crippen LogP contribution in [0.15, 0.2) is 52.7 Å². The number of Topliss-reactive ketones (excluding diaryl/α,β-unsaturated/α-hetero) is 1. The fourth-order valence-electron chi connectivity index (χ4n) is 4.07. The number of morpholine rings is 1. The lowest BCUT2D eigenvalue weighted by Crippen LogP contribution is -2.38. The van der Waals surface area contributed by atoms with Gasteiger partial charge in [-0.05, 0) is 30.7 Å². The second kappa shape index (κ2) is 9.36. The van der Waals surface area contributed by atoms with Crippen molar-refractivity contribution in [2.45, 2.75) is 12.5 Å². The molecule has 8 heteroatoms. The Hall–Kier alpha value is -3.10. The summed E-state index contributed by atoms with van der Waals surface area (Å²) in [5.74, 6) is -0.608. The molecule has 1 atom stereocenters. The second-order valence-electron chi connectivity index (χ2n) is 7.55. The molecule has 164 valence electrons. The van der Waals surface area contributed by atoms with Crippen molar-refractivity contribution < 1.29 is 28.6 Å². The molecule has 0 spiro atoms. The molecule has 1 amide bonds. The van der Waals surface area contributed by atoms with Crippen LogP contribution in [0.5, 0.6) is 5.75 Å². The number of amides is 1. The van der Waals surface area contributed by atoms with Gasteiger partial charge in [-0.25, -0.2) is 0 Å². The Balaban J connectivity index is 1.63. The van der Waals surface area contributed by atoms with Gasteiger partial charge >= 0.3 is 0 Å². The number of aliphatic hydroxyl groups is 1. The topological polar surface area (TPSA) is 92.5 Å². The minimum Gasteiger partial charge on any atom is -0.507 e. The van der Waals surface area contributed by atoms with Gasteiger partial charge in [0.25, 0.3) is 11.7 Å². The van der Waals surface area contributed by atoms with Crippen LogP contribution < -0.4 is 4.74 Å². The lowest BCUT2D eigenvalue weighted by Gasteiger charge is -2.28. The number of carbonyl (C=O) groups excluding carboxylic acids is 2. The smallest absolute Gasteiger partial charge is 0.295 e. The molecular weight excluding hydrogens is 400 g/mol. The summed E-state index contributed by atoms with van der Waals surface area (Å²) in [6, 6.07) is 9.40. The summed E-state index contributed by atoms with van der Waals surface area (Å²) in [6.45, 7) is 4.30. The predicted octanol–water partition coefficient (Wildman–Crippen LogP) is 2.43. The Kier molecular flexibility index (Phi) is 6.39. The number of likely N-dealkylation sites (tertiary alicyclic amines) is 1. The Morgan fingerprint density at radius 2 is 1.97 bits per heavy atom. The maximum Gasteiger partial charge on any atom is 0.295 e. The monoisotopic (exact) mass is 426 g/mol. The van der Waals surface area contributed by atoms with E-state index in [0.717, 1.165) is 19.6 Å². The van der Waals surface area contributed by atoms with Crippen LogP contribution in [0.4, 0.5) is 0 Å². The van der Waals surface area contributed by atoms with Crippen molar-refractivity contribution in [3.05, 3.63) is 59.6 Å². The van der Waals surface area contributed by atoms with E-state index >= 15 is 0 Å². The number of benzene rings is 1. The molecule has 0 saturated carbocycles. The second-order valence-corrected chi connectivity index (χ2v) is 7.55. The first-order chi connectivity index (χ1) is 15.1. The number of carbonyl (C=O) groups is 2. The standard InChI is InChI=1S/C23H26N2O6/c1-29-17-6-2-5-16(15-17)21(26)19-20(18-7-3-12-31-18)25(23(28)22(19)27)9-4-8-24-10-13-30-14-11-24/h2-3,5-7,12,15,20,26H,4,8-11,13-14H2,1H3/b21-19+/t20-/m1/s1. The molecule has 4 rings (SSSR count). The maximum atomic E-state index is 12.9. The minimum absolute atomic E-state index is 0.0274. The van der Waals surface area contributed by atoms with E-state index in [0.29, 0.717) is 43.3 Å². The number of ketones is 1. The summed E-state index contributed by atoms with van der Waals surface area (Å²) in [5.41, 5.74) is 0.432. The fourth-order valence-corrected chi connectivity index (χ4v) is 4.07. The average Bonchev–Trinajstić information content (AvgIpc) is 3.42. The Morgan fingerprint density at radius 3 is 2.68 bits per heavy atom. The molecule has 0 bridgehead atoms. The summed E-state index contributed by atoms with van der Waals surface area (Å²) >= 11 is 0. The van der Waals surface area contributed by atoms with E-state index in [-0.39, 0.29) is 11.3 Å². The van der Waals surface area contributed by atoms with Gasteiger partial charge in [-0.3, -0.25) is 14.5 Å². The Labute approximate surface area is 180 Å². The molecule has 8 nitrogen and oxygen atoms in total. The zero-order valence-electron chi connectivity index (χ0n) is 17.5. The maximum absolute atomic E-state index is 12.9. The third kappa shape index (κ3) is 4.35. The summed E-state index contributed by atoms with van der Waals surface area (Å²) in [7, 11) is 1.52.